The van der Waals surface area contributed by atoms with Crippen LogP contribution in [-0.2, 0) is 23.7 Å². The normalized spacial score (nSPS) is 10.9. The van der Waals surface area contributed by atoms with E-state index in [1.54, 1.807) is 27.7 Å². The molecule has 0 heterocycles. The van der Waals surface area contributed by atoms with Crippen LogP contribution in [0.4, 0.5) is 4.79 Å². The fourth-order valence-electron chi connectivity index (χ4n) is 1.18. The molecule has 7 heteroatoms. The Bertz CT molecular complexity index is 362. The molecule has 0 saturated carbocycles. The molecule has 22 heavy (non-hydrogen) atoms. The average molecular weight is 317 g/mol. The van der Waals surface area contributed by atoms with Crippen molar-refractivity contribution in [1.82, 2.24) is 5.32 Å². The van der Waals surface area contributed by atoms with Gasteiger partial charge in [0, 0.05) is 12.1 Å². The topological polar surface area (TPSA) is 83.1 Å². The smallest absolute Gasteiger partial charge is 0.407 e. The van der Waals surface area contributed by atoms with Crippen molar-refractivity contribution in [3.63, 3.8) is 0 Å². The van der Waals surface area contributed by atoms with E-state index in [0.29, 0.717) is 38.5 Å². The van der Waals surface area contributed by atoms with Crippen molar-refractivity contribution in [1.29, 1.82) is 0 Å². The maximum atomic E-state index is 11.3. The fraction of sp³-hybridized carbons (Fsp3) is 0.733. The van der Waals surface area contributed by atoms with Crippen molar-refractivity contribution in [3.05, 3.63) is 12.2 Å². The van der Waals surface area contributed by atoms with Gasteiger partial charge in [-0.25, -0.2) is 9.59 Å². The number of amides is 1. The summed E-state index contributed by atoms with van der Waals surface area (Å²) in [6, 6.07) is 0. The molecule has 0 spiro atoms. The van der Waals surface area contributed by atoms with Crippen LogP contribution >= 0.6 is 0 Å². The molecule has 0 saturated heterocycles. The first-order valence-corrected chi connectivity index (χ1v) is 7.17. The Kier molecular flexibility index (Phi) is 10.2. The summed E-state index contributed by atoms with van der Waals surface area (Å²) in [5.41, 5.74) is -0.146. The molecule has 0 aliphatic heterocycles. The Morgan fingerprint density at radius 2 is 1.55 bits per heavy atom. The summed E-state index contributed by atoms with van der Waals surface area (Å²) >= 11 is 0. The van der Waals surface area contributed by atoms with Gasteiger partial charge < -0.3 is 24.3 Å². The largest absolute Gasteiger partial charge is 0.460 e. The summed E-state index contributed by atoms with van der Waals surface area (Å²) in [4.78, 5) is 22.4. The van der Waals surface area contributed by atoms with Gasteiger partial charge in [-0.15, -0.1) is 0 Å². The van der Waals surface area contributed by atoms with Gasteiger partial charge in [-0.3, -0.25) is 0 Å². The van der Waals surface area contributed by atoms with Gasteiger partial charge in [0.1, 0.15) is 12.2 Å². The third-order valence-corrected chi connectivity index (χ3v) is 2.10. The molecule has 1 N–H and O–H groups in total. The quantitative estimate of drug-likeness (QED) is 0.375. The van der Waals surface area contributed by atoms with E-state index in [1.807, 2.05) is 0 Å². The van der Waals surface area contributed by atoms with E-state index in [-0.39, 0.29) is 6.61 Å². The number of hydrogen-bond acceptors (Lipinski definition) is 6. The zero-order chi connectivity index (χ0) is 17.0. The minimum absolute atomic E-state index is 0.186. The lowest BCUT2D eigenvalue weighted by molar-refractivity contribution is -0.140. The third kappa shape index (κ3) is 13.4. The highest BCUT2D eigenvalue weighted by atomic mass is 16.6. The lowest BCUT2D eigenvalue weighted by Gasteiger charge is -2.19. The molecule has 0 aromatic rings. The van der Waals surface area contributed by atoms with Gasteiger partial charge in [0.05, 0.1) is 26.4 Å². The Labute approximate surface area is 131 Å². The first kappa shape index (κ1) is 20.4. The Morgan fingerprint density at radius 1 is 1.00 bits per heavy atom. The highest BCUT2D eigenvalue weighted by Crippen LogP contribution is 2.05. The number of carbonyl (C=O) groups is 2. The molecule has 0 aliphatic carbocycles. The second-order valence-electron chi connectivity index (χ2n) is 5.57. The molecule has 0 aromatic heterocycles. The summed E-state index contributed by atoms with van der Waals surface area (Å²) in [6.45, 7) is 12.5. The number of ether oxygens (including phenoxy) is 4. The number of rotatable bonds is 10. The number of carbonyl (C=O) groups excluding carboxylic acids is 2. The number of nitrogens with one attached hydrogen (secondary N) is 1. The molecule has 128 valence electrons. The van der Waals surface area contributed by atoms with Crippen LogP contribution in [0.25, 0.3) is 0 Å². The monoisotopic (exact) mass is 317 g/mol. The zero-order valence-corrected chi connectivity index (χ0v) is 13.9. The molecule has 0 aromatic carbocycles. The molecule has 0 radical (unpaired) electrons. The minimum atomic E-state index is -0.508. The van der Waals surface area contributed by atoms with Crippen molar-refractivity contribution in [3.8, 4) is 0 Å². The Morgan fingerprint density at radius 3 is 2.09 bits per heavy atom. The fourth-order valence-corrected chi connectivity index (χ4v) is 1.18. The van der Waals surface area contributed by atoms with Gasteiger partial charge in [-0.2, -0.15) is 0 Å². The van der Waals surface area contributed by atoms with Gasteiger partial charge in [0.15, 0.2) is 0 Å². The first-order valence-electron chi connectivity index (χ1n) is 7.17. The van der Waals surface area contributed by atoms with Crippen molar-refractivity contribution in [2.24, 2.45) is 0 Å². The summed E-state index contributed by atoms with van der Waals surface area (Å²) in [7, 11) is 0. The Hall–Kier alpha value is -1.60. The van der Waals surface area contributed by atoms with Crippen LogP contribution in [0, 0.1) is 0 Å². The third-order valence-electron chi connectivity index (χ3n) is 2.10. The van der Waals surface area contributed by atoms with Crippen LogP contribution in [0.15, 0.2) is 12.2 Å². The molecule has 7 nitrogen and oxygen atoms in total. The number of hydrogen-bond donors (Lipinski definition) is 1. The van der Waals surface area contributed by atoms with Crippen LogP contribution in [0.1, 0.15) is 27.7 Å². The van der Waals surface area contributed by atoms with Crippen molar-refractivity contribution in [2.75, 3.05) is 39.6 Å². The van der Waals surface area contributed by atoms with Gasteiger partial charge in [-0.1, -0.05) is 6.58 Å². The van der Waals surface area contributed by atoms with E-state index in [9.17, 15) is 9.59 Å². The van der Waals surface area contributed by atoms with Crippen LogP contribution in [0.5, 0.6) is 0 Å². The van der Waals surface area contributed by atoms with E-state index in [2.05, 4.69) is 11.9 Å². The standard InChI is InChI=1S/C15H27NO6/c1-12(2)13(17)21-11-10-20-9-8-19-7-6-16-14(18)22-15(3,4)5/h1,6-11H2,2-5H3,(H,16,18). The zero-order valence-electron chi connectivity index (χ0n) is 13.9. The lowest BCUT2D eigenvalue weighted by Crippen LogP contribution is -2.34. The lowest BCUT2D eigenvalue weighted by atomic mass is 10.2. The summed E-state index contributed by atoms with van der Waals surface area (Å²) in [6.07, 6.45) is -0.466. The van der Waals surface area contributed by atoms with Crippen LogP contribution in [0.2, 0.25) is 0 Å². The van der Waals surface area contributed by atoms with Crippen molar-refractivity contribution < 1.29 is 28.5 Å². The summed E-state index contributed by atoms with van der Waals surface area (Å²) < 4.78 is 20.4. The predicted octanol–water partition coefficient (Wildman–Crippen LogP) is 1.66. The van der Waals surface area contributed by atoms with E-state index in [0.717, 1.165) is 0 Å². The van der Waals surface area contributed by atoms with E-state index < -0.39 is 17.7 Å². The van der Waals surface area contributed by atoms with E-state index >= 15 is 0 Å². The van der Waals surface area contributed by atoms with Crippen LogP contribution in [-0.4, -0.2) is 57.2 Å². The average Bonchev–Trinajstić information content (AvgIpc) is 2.38. The highest BCUT2D eigenvalue weighted by molar-refractivity contribution is 5.86. The second kappa shape index (κ2) is 11.0. The first-order chi connectivity index (χ1) is 10.2. The molecule has 1 amide bonds. The molecule has 0 bridgehead atoms. The minimum Gasteiger partial charge on any atom is -0.460 e. The highest BCUT2D eigenvalue weighted by Gasteiger charge is 2.15. The van der Waals surface area contributed by atoms with Crippen LogP contribution < -0.4 is 5.32 Å². The molecule has 0 rings (SSSR count). The molecular formula is C15H27NO6. The predicted molar refractivity (Wildman–Crippen MR) is 81.6 cm³/mol. The maximum absolute atomic E-state index is 11.3. The summed E-state index contributed by atoms with van der Waals surface area (Å²) in [5.74, 6) is -0.423. The SMILES string of the molecule is C=C(C)C(=O)OCCOCCOCCNC(=O)OC(C)(C)C. The molecule has 0 atom stereocenters. The van der Waals surface area contributed by atoms with Gasteiger partial charge in [0.25, 0.3) is 0 Å². The van der Waals surface area contributed by atoms with Gasteiger partial charge in [0.2, 0.25) is 0 Å². The molecule has 0 aliphatic rings. The van der Waals surface area contributed by atoms with Crippen molar-refractivity contribution in [2.45, 2.75) is 33.3 Å². The summed E-state index contributed by atoms with van der Waals surface area (Å²) in [5, 5.41) is 2.58. The molecular weight excluding hydrogens is 290 g/mol. The van der Waals surface area contributed by atoms with E-state index in [4.69, 9.17) is 18.9 Å². The van der Waals surface area contributed by atoms with Crippen molar-refractivity contribution >= 4 is 12.1 Å². The maximum Gasteiger partial charge on any atom is 0.407 e. The van der Waals surface area contributed by atoms with Gasteiger partial charge in [-0.05, 0) is 27.7 Å². The number of esters is 1. The Balaban J connectivity index is 3.32. The van der Waals surface area contributed by atoms with Crippen LogP contribution in [0.3, 0.4) is 0 Å². The van der Waals surface area contributed by atoms with Gasteiger partial charge >= 0.3 is 12.1 Å². The molecule has 0 unspecified atom stereocenters. The molecule has 0 fully saturated rings. The number of alkyl carbamates (subject to hydrolysis) is 1. The second-order valence-corrected chi connectivity index (χ2v) is 5.57. The van der Waals surface area contributed by atoms with E-state index in [1.165, 1.54) is 0 Å².